The molecule has 0 radical (unpaired) electrons. The van der Waals surface area contributed by atoms with Crippen LogP contribution in [0.5, 0.6) is 5.75 Å². The molecule has 0 aliphatic heterocycles. The summed E-state index contributed by atoms with van der Waals surface area (Å²) in [5, 5.41) is 8.70. The highest BCUT2D eigenvalue weighted by Crippen LogP contribution is 2.41. The zero-order valence-corrected chi connectivity index (χ0v) is 20.8. The van der Waals surface area contributed by atoms with E-state index in [9.17, 15) is 9.59 Å². The lowest BCUT2D eigenvalue weighted by atomic mass is 10.0. The van der Waals surface area contributed by atoms with E-state index in [2.05, 4.69) is 10.4 Å². The van der Waals surface area contributed by atoms with E-state index in [0.717, 1.165) is 57.7 Å². The number of fused-ring (bicyclic) bond motifs is 3. The molecular formula is C28H30N4O4. The van der Waals surface area contributed by atoms with Crippen molar-refractivity contribution in [1.82, 2.24) is 19.9 Å². The second kappa shape index (κ2) is 9.97. The van der Waals surface area contributed by atoms with Crippen molar-refractivity contribution < 1.29 is 19.1 Å². The maximum atomic E-state index is 12.6. The van der Waals surface area contributed by atoms with Gasteiger partial charge in [0.15, 0.2) is 12.3 Å². The number of nitrogens with one attached hydrogen (secondary N) is 1. The van der Waals surface area contributed by atoms with Gasteiger partial charge in [-0.3, -0.25) is 9.59 Å². The Hall–Kier alpha value is -3.94. The number of aromatic nitrogens is 3. The molecule has 2 heterocycles. The van der Waals surface area contributed by atoms with Crippen LogP contribution >= 0.6 is 0 Å². The fraction of sp³-hybridized carbons (Fsp3) is 0.357. The van der Waals surface area contributed by atoms with Gasteiger partial charge in [0, 0.05) is 23.2 Å². The van der Waals surface area contributed by atoms with Crippen LogP contribution < -0.4 is 10.1 Å². The van der Waals surface area contributed by atoms with Gasteiger partial charge in [0.2, 0.25) is 0 Å². The molecule has 1 amide bonds. The standard InChI is InChI=1S/C28H30N4O4/c1-17-22(18(2)32-28(29-17)23-6-4-5-7-24(23)31-32)14-15-26(34)36-16-25(33)30-27(19-8-9-19)20-10-12-21(35-3)13-11-20/h4-7,10-13,19,27H,8-9,14-16H2,1-3H3,(H,30,33). The minimum atomic E-state index is -0.415. The number of methoxy groups -OCH3 is 1. The molecule has 0 spiro atoms. The summed E-state index contributed by atoms with van der Waals surface area (Å²) in [5.74, 6) is 0.469. The maximum Gasteiger partial charge on any atom is 0.306 e. The van der Waals surface area contributed by atoms with E-state index in [1.54, 1.807) is 7.11 Å². The quantitative estimate of drug-likeness (QED) is 0.356. The van der Waals surface area contributed by atoms with Crippen LogP contribution in [0.1, 0.15) is 47.8 Å². The van der Waals surface area contributed by atoms with Crippen molar-refractivity contribution >= 4 is 28.4 Å². The Balaban J connectivity index is 1.18. The minimum Gasteiger partial charge on any atom is -0.497 e. The number of esters is 1. The van der Waals surface area contributed by atoms with Crippen molar-refractivity contribution in [3.05, 3.63) is 71.0 Å². The van der Waals surface area contributed by atoms with E-state index in [-0.39, 0.29) is 25.0 Å². The fourth-order valence-electron chi connectivity index (χ4n) is 4.71. The van der Waals surface area contributed by atoms with Gasteiger partial charge >= 0.3 is 5.97 Å². The van der Waals surface area contributed by atoms with Gasteiger partial charge < -0.3 is 14.8 Å². The van der Waals surface area contributed by atoms with Crippen LogP contribution in [-0.2, 0) is 20.7 Å². The summed E-state index contributed by atoms with van der Waals surface area (Å²) in [7, 11) is 1.63. The van der Waals surface area contributed by atoms with Gasteiger partial charge in [0.1, 0.15) is 5.75 Å². The van der Waals surface area contributed by atoms with Gasteiger partial charge in [-0.25, -0.2) is 9.50 Å². The molecule has 0 saturated heterocycles. The average Bonchev–Trinajstić information content (AvgIpc) is 3.67. The molecule has 1 N–H and O–H groups in total. The number of carbonyl (C=O) groups is 2. The second-order valence-corrected chi connectivity index (χ2v) is 9.33. The van der Waals surface area contributed by atoms with E-state index < -0.39 is 5.97 Å². The van der Waals surface area contributed by atoms with Crippen molar-refractivity contribution in [3.63, 3.8) is 0 Å². The Morgan fingerprint density at radius 3 is 2.58 bits per heavy atom. The number of aryl methyl sites for hydroxylation is 2. The maximum absolute atomic E-state index is 12.6. The first-order valence-corrected chi connectivity index (χ1v) is 12.3. The summed E-state index contributed by atoms with van der Waals surface area (Å²) in [6.45, 7) is 3.64. The summed E-state index contributed by atoms with van der Waals surface area (Å²) in [5.41, 5.74) is 5.50. The Morgan fingerprint density at radius 2 is 1.86 bits per heavy atom. The third-order valence-corrected chi connectivity index (χ3v) is 6.85. The van der Waals surface area contributed by atoms with Crippen molar-refractivity contribution in [3.8, 4) is 5.75 Å². The summed E-state index contributed by atoms with van der Waals surface area (Å²) < 4.78 is 12.4. The molecule has 1 saturated carbocycles. The van der Waals surface area contributed by atoms with E-state index in [1.165, 1.54) is 0 Å². The van der Waals surface area contributed by atoms with E-state index >= 15 is 0 Å². The average molecular weight is 487 g/mol. The van der Waals surface area contributed by atoms with Gasteiger partial charge in [-0.05, 0) is 74.4 Å². The molecule has 8 nitrogen and oxygen atoms in total. The van der Waals surface area contributed by atoms with Crippen molar-refractivity contribution in [2.75, 3.05) is 13.7 Å². The SMILES string of the molecule is COc1ccc(C(NC(=O)COC(=O)CCc2c(C)nc3c4ccccc4nn3c2C)C2CC2)cc1. The normalized spacial score (nSPS) is 14.1. The van der Waals surface area contributed by atoms with Crippen molar-refractivity contribution in [1.29, 1.82) is 0 Å². The molecule has 1 aliphatic carbocycles. The highest BCUT2D eigenvalue weighted by Gasteiger charge is 2.33. The molecular weight excluding hydrogens is 456 g/mol. The summed E-state index contributed by atoms with van der Waals surface area (Å²) in [6.07, 6.45) is 2.76. The number of hydrogen-bond donors (Lipinski definition) is 1. The number of carbonyl (C=O) groups excluding carboxylic acids is 2. The molecule has 1 aliphatic rings. The Bertz CT molecular complexity index is 1420. The van der Waals surface area contributed by atoms with Gasteiger partial charge in [-0.2, -0.15) is 5.10 Å². The number of rotatable bonds is 9. The Morgan fingerprint density at radius 1 is 1.11 bits per heavy atom. The number of amides is 1. The van der Waals surface area contributed by atoms with E-state index in [1.807, 2.05) is 66.9 Å². The Labute approximate surface area is 209 Å². The van der Waals surface area contributed by atoms with Crippen molar-refractivity contribution in [2.24, 2.45) is 5.92 Å². The Kier molecular flexibility index (Phi) is 6.59. The molecule has 1 fully saturated rings. The van der Waals surface area contributed by atoms with Crippen LogP contribution in [-0.4, -0.2) is 40.2 Å². The molecule has 8 heteroatoms. The third-order valence-electron chi connectivity index (χ3n) is 6.85. The zero-order valence-electron chi connectivity index (χ0n) is 20.8. The predicted molar refractivity (Wildman–Crippen MR) is 136 cm³/mol. The van der Waals surface area contributed by atoms with Crippen LogP contribution in [0.25, 0.3) is 16.6 Å². The molecule has 4 aromatic rings. The number of hydrogen-bond acceptors (Lipinski definition) is 6. The number of benzene rings is 2. The number of ether oxygens (including phenoxy) is 2. The first kappa shape index (κ1) is 23.8. The molecule has 1 atom stereocenters. The lowest BCUT2D eigenvalue weighted by Crippen LogP contribution is -2.33. The highest BCUT2D eigenvalue weighted by molar-refractivity contribution is 5.92. The van der Waals surface area contributed by atoms with E-state index in [0.29, 0.717) is 12.3 Å². The molecule has 0 bridgehead atoms. The minimum absolute atomic E-state index is 0.0882. The van der Waals surface area contributed by atoms with Crippen LogP contribution in [0.15, 0.2) is 48.5 Å². The van der Waals surface area contributed by atoms with Crippen LogP contribution in [0.3, 0.4) is 0 Å². The van der Waals surface area contributed by atoms with Crippen LogP contribution in [0.2, 0.25) is 0 Å². The smallest absolute Gasteiger partial charge is 0.306 e. The first-order chi connectivity index (χ1) is 17.4. The van der Waals surface area contributed by atoms with Gasteiger partial charge in [0.25, 0.3) is 5.91 Å². The van der Waals surface area contributed by atoms with Gasteiger partial charge in [-0.1, -0.05) is 24.3 Å². The van der Waals surface area contributed by atoms with Gasteiger partial charge in [-0.15, -0.1) is 0 Å². The zero-order chi connectivity index (χ0) is 25.2. The largest absolute Gasteiger partial charge is 0.497 e. The molecule has 2 aromatic carbocycles. The highest BCUT2D eigenvalue weighted by atomic mass is 16.5. The molecule has 2 aromatic heterocycles. The van der Waals surface area contributed by atoms with Crippen LogP contribution in [0, 0.1) is 19.8 Å². The van der Waals surface area contributed by atoms with Crippen LogP contribution in [0.4, 0.5) is 0 Å². The second-order valence-electron chi connectivity index (χ2n) is 9.33. The third kappa shape index (κ3) is 4.89. The summed E-state index contributed by atoms with van der Waals surface area (Å²) in [4.78, 5) is 29.8. The molecule has 1 unspecified atom stereocenters. The fourth-order valence-corrected chi connectivity index (χ4v) is 4.71. The molecule has 5 rings (SSSR count). The van der Waals surface area contributed by atoms with Gasteiger partial charge in [0.05, 0.1) is 18.7 Å². The molecule has 36 heavy (non-hydrogen) atoms. The monoisotopic (exact) mass is 486 g/mol. The summed E-state index contributed by atoms with van der Waals surface area (Å²) in [6, 6.07) is 15.5. The summed E-state index contributed by atoms with van der Waals surface area (Å²) >= 11 is 0. The topological polar surface area (TPSA) is 94.8 Å². The van der Waals surface area contributed by atoms with Crippen molar-refractivity contribution in [2.45, 2.75) is 45.6 Å². The first-order valence-electron chi connectivity index (χ1n) is 12.3. The molecule has 186 valence electrons. The lowest BCUT2D eigenvalue weighted by Gasteiger charge is -2.19. The lowest BCUT2D eigenvalue weighted by molar-refractivity contribution is -0.148. The number of nitrogens with zero attached hydrogens (tertiary/aromatic N) is 3. The predicted octanol–water partition coefficient (Wildman–Crippen LogP) is 4.25. The van der Waals surface area contributed by atoms with E-state index in [4.69, 9.17) is 14.5 Å².